The molecule has 0 saturated heterocycles. The molecule has 0 fully saturated rings. The smallest absolute Gasteiger partial charge is 0.305 e. The zero-order valence-electron chi connectivity index (χ0n) is 13.8. The third-order valence-electron chi connectivity index (χ3n) is 3.29. The molecule has 0 aromatic carbocycles. The largest absolute Gasteiger partial charge is 0.462 e. The SMILES string of the molecule is CCC(=O)OC(CCC(C)=O)CCC(O)CCC(=O)COC. The van der Waals surface area contributed by atoms with Crippen LogP contribution in [0.2, 0.25) is 0 Å². The maximum Gasteiger partial charge on any atom is 0.305 e. The van der Waals surface area contributed by atoms with E-state index in [-0.39, 0.29) is 43.1 Å². The number of aliphatic hydroxyl groups excluding tert-OH is 1. The van der Waals surface area contributed by atoms with Crippen LogP contribution in [0.25, 0.3) is 0 Å². The molecular formula is C16H28O6. The molecule has 22 heavy (non-hydrogen) atoms. The molecule has 6 nitrogen and oxygen atoms in total. The number of esters is 1. The van der Waals surface area contributed by atoms with Crippen molar-refractivity contribution in [2.24, 2.45) is 0 Å². The van der Waals surface area contributed by atoms with E-state index in [9.17, 15) is 19.5 Å². The van der Waals surface area contributed by atoms with Crippen LogP contribution in [0.1, 0.15) is 58.8 Å². The van der Waals surface area contributed by atoms with Crippen LogP contribution in [0.4, 0.5) is 0 Å². The second-order valence-electron chi connectivity index (χ2n) is 5.45. The van der Waals surface area contributed by atoms with Crippen LogP contribution >= 0.6 is 0 Å². The Balaban J connectivity index is 4.15. The van der Waals surface area contributed by atoms with Crippen molar-refractivity contribution in [2.75, 3.05) is 13.7 Å². The fourth-order valence-corrected chi connectivity index (χ4v) is 1.98. The molecule has 0 aromatic heterocycles. The third-order valence-corrected chi connectivity index (χ3v) is 3.29. The molecule has 0 aromatic rings. The molecule has 0 aliphatic carbocycles. The highest BCUT2D eigenvalue weighted by molar-refractivity contribution is 5.79. The summed E-state index contributed by atoms with van der Waals surface area (Å²) in [5.74, 6) is -0.311. The molecule has 128 valence electrons. The number of ketones is 2. The number of ether oxygens (including phenoxy) is 2. The summed E-state index contributed by atoms with van der Waals surface area (Å²) in [6.45, 7) is 3.26. The van der Waals surface area contributed by atoms with E-state index in [1.807, 2.05) is 0 Å². The lowest BCUT2D eigenvalue weighted by Gasteiger charge is -2.19. The highest BCUT2D eigenvalue weighted by atomic mass is 16.5. The van der Waals surface area contributed by atoms with Gasteiger partial charge in [-0.2, -0.15) is 0 Å². The van der Waals surface area contributed by atoms with Crippen LogP contribution in [0, 0.1) is 0 Å². The molecule has 0 bridgehead atoms. The lowest BCUT2D eigenvalue weighted by molar-refractivity contribution is -0.150. The molecule has 0 aliphatic rings. The van der Waals surface area contributed by atoms with Gasteiger partial charge >= 0.3 is 5.97 Å². The fraction of sp³-hybridized carbons (Fsp3) is 0.812. The van der Waals surface area contributed by atoms with E-state index in [2.05, 4.69) is 0 Å². The molecule has 0 saturated carbocycles. The van der Waals surface area contributed by atoms with Crippen molar-refractivity contribution in [3.63, 3.8) is 0 Å². The van der Waals surface area contributed by atoms with Gasteiger partial charge in [0, 0.05) is 26.4 Å². The Morgan fingerprint density at radius 3 is 2.27 bits per heavy atom. The number of carbonyl (C=O) groups excluding carboxylic acids is 3. The van der Waals surface area contributed by atoms with Gasteiger partial charge in [0.1, 0.15) is 18.5 Å². The van der Waals surface area contributed by atoms with Crippen molar-refractivity contribution in [3.8, 4) is 0 Å². The van der Waals surface area contributed by atoms with Gasteiger partial charge in [0.25, 0.3) is 0 Å². The van der Waals surface area contributed by atoms with Gasteiger partial charge in [-0.25, -0.2) is 0 Å². The van der Waals surface area contributed by atoms with Crippen LogP contribution in [-0.2, 0) is 23.9 Å². The van der Waals surface area contributed by atoms with Crippen LogP contribution < -0.4 is 0 Å². The summed E-state index contributed by atoms with van der Waals surface area (Å²) in [6.07, 6.45) is 1.66. The van der Waals surface area contributed by atoms with Crippen molar-refractivity contribution in [3.05, 3.63) is 0 Å². The third kappa shape index (κ3) is 11.4. The average molecular weight is 316 g/mol. The van der Waals surface area contributed by atoms with Crippen molar-refractivity contribution in [1.29, 1.82) is 0 Å². The number of Topliss-reactive ketones (excluding diaryl/α,β-unsaturated/α-hetero) is 2. The minimum absolute atomic E-state index is 0.0447. The van der Waals surface area contributed by atoms with E-state index < -0.39 is 6.10 Å². The van der Waals surface area contributed by atoms with Gasteiger partial charge in [0.05, 0.1) is 6.10 Å². The van der Waals surface area contributed by atoms with Crippen molar-refractivity contribution in [1.82, 2.24) is 0 Å². The molecule has 0 rings (SSSR count). The minimum atomic E-state index is -0.624. The first-order chi connectivity index (χ1) is 10.4. The first-order valence-electron chi connectivity index (χ1n) is 7.76. The Bertz CT molecular complexity index is 353. The van der Waals surface area contributed by atoms with Crippen LogP contribution in [0.15, 0.2) is 0 Å². The molecule has 0 amide bonds. The van der Waals surface area contributed by atoms with Crippen LogP contribution in [0.5, 0.6) is 0 Å². The molecule has 6 heteroatoms. The second kappa shape index (κ2) is 12.3. The zero-order chi connectivity index (χ0) is 17.0. The normalized spacial score (nSPS) is 13.5. The minimum Gasteiger partial charge on any atom is -0.462 e. The number of hydrogen-bond acceptors (Lipinski definition) is 6. The molecule has 0 aliphatic heterocycles. The highest BCUT2D eigenvalue weighted by Crippen LogP contribution is 2.15. The van der Waals surface area contributed by atoms with E-state index in [1.165, 1.54) is 14.0 Å². The summed E-state index contributed by atoms with van der Waals surface area (Å²) < 4.78 is 10.00. The Kier molecular flexibility index (Phi) is 11.6. The van der Waals surface area contributed by atoms with E-state index >= 15 is 0 Å². The van der Waals surface area contributed by atoms with Gasteiger partial charge in [0.2, 0.25) is 0 Å². The lowest BCUT2D eigenvalue weighted by atomic mass is 10.0. The van der Waals surface area contributed by atoms with Gasteiger partial charge in [-0.05, 0) is 32.6 Å². The predicted molar refractivity (Wildman–Crippen MR) is 81.4 cm³/mol. The summed E-state index contributed by atoms with van der Waals surface area (Å²) in [5.41, 5.74) is 0. The number of carbonyl (C=O) groups is 3. The molecule has 1 N–H and O–H groups in total. The number of methoxy groups -OCH3 is 1. The summed E-state index contributed by atoms with van der Waals surface area (Å²) in [7, 11) is 1.45. The monoisotopic (exact) mass is 316 g/mol. The van der Waals surface area contributed by atoms with E-state index in [4.69, 9.17) is 9.47 Å². The maximum atomic E-state index is 11.4. The van der Waals surface area contributed by atoms with Crippen molar-refractivity contribution >= 4 is 17.5 Å². The Labute approximate surface area is 132 Å². The van der Waals surface area contributed by atoms with Crippen molar-refractivity contribution in [2.45, 2.75) is 71.0 Å². The summed E-state index contributed by atoms with van der Waals surface area (Å²) >= 11 is 0. The molecule has 0 heterocycles. The quantitative estimate of drug-likeness (QED) is 0.521. The number of hydrogen-bond donors (Lipinski definition) is 1. The summed E-state index contributed by atoms with van der Waals surface area (Å²) in [5, 5.41) is 9.88. The molecule has 2 atom stereocenters. The molecule has 2 unspecified atom stereocenters. The van der Waals surface area contributed by atoms with Gasteiger partial charge in [-0.3, -0.25) is 9.59 Å². The van der Waals surface area contributed by atoms with Gasteiger partial charge < -0.3 is 19.4 Å². The Morgan fingerprint density at radius 1 is 1.05 bits per heavy atom. The molecular weight excluding hydrogens is 288 g/mol. The Hall–Kier alpha value is -1.27. The van der Waals surface area contributed by atoms with Gasteiger partial charge in [-0.1, -0.05) is 6.92 Å². The lowest BCUT2D eigenvalue weighted by Crippen LogP contribution is -2.21. The maximum absolute atomic E-state index is 11.4. The van der Waals surface area contributed by atoms with Crippen LogP contribution in [-0.4, -0.2) is 48.6 Å². The van der Waals surface area contributed by atoms with Gasteiger partial charge in [-0.15, -0.1) is 0 Å². The van der Waals surface area contributed by atoms with Crippen LogP contribution in [0.3, 0.4) is 0 Å². The predicted octanol–water partition coefficient (Wildman–Crippen LogP) is 1.81. The van der Waals surface area contributed by atoms with E-state index in [1.54, 1.807) is 6.92 Å². The standard InChI is InChI=1S/C16H28O6/c1-4-16(20)22-15(9-5-12(2)17)10-8-13(18)6-7-14(19)11-21-3/h13,15,18H,4-11H2,1-3H3. The average Bonchev–Trinajstić information content (AvgIpc) is 2.47. The Morgan fingerprint density at radius 2 is 1.73 bits per heavy atom. The van der Waals surface area contributed by atoms with E-state index in [0.29, 0.717) is 32.1 Å². The first-order valence-corrected chi connectivity index (χ1v) is 7.76. The summed E-state index contributed by atoms with van der Waals surface area (Å²) in [4.78, 5) is 33.7. The molecule has 0 spiro atoms. The van der Waals surface area contributed by atoms with E-state index in [0.717, 1.165) is 0 Å². The summed E-state index contributed by atoms with van der Waals surface area (Å²) in [6, 6.07) is 0. The van der Waals surface area contributed by atoms with Crippen molar-refractivity contribution < 1.29 is 29.0 Å². The second-order valence-corrected chi connectivity index (χ2v) is 5.45. The fourth-order valence-electron chi connectivity index (χ4n) is 1.98. The zero-order valence-corrected chi connectivity index (χ0v) is 13.8. The first kappa shape index (κ1) is 20.7. The molecule has 0 radical (unpaired) electrons. The van der Waals surface area contributed by atoms with Gasteiger partial charge in [0.15, 0.2) is 5.78 Å². The number of aliphatic hydroxyl groups is 1. The highest BCUT2D eigenvalue weighted by Gasteiger charge is 2.17. The number of rotatable bonds is 13. The topological polar surface area (TPSA) is 89.9 Å².